The predicted octanol–water partition coefficient (Wildman–Crippen LogP) is -0.141. The lowest BCUT2D eigenvalue weighted by molar-refractivity contribution is 0.361. The lowest BCUT2D eigenvalue weighted by Gasteiger charge is -2.24. The Hall–Kier alpha value is -0.660. The third-order valence-electron chi connectivity index (χ3n) is 2.07. The van der Waals surface area contributed by atoms with Gasteiger partial charge in [0.1, 0.15) is 18.2 Å². The summed E-state index contributed by atoms with van der Waals surface area (Å²) in [6, 6.07) is -0.0621. The summed E-state index contributed by atoms with van der Waals surface area (Å²) in [6.45, 7) is 0.954. The molecule has 0 aromatic heterocycles. The summed E-state index contributed by atoms with van der Waals surface area (Å²) in [6.07, 6.45) is 3.39. The van der Waals surface area contributed by atoms with Gasteiger partial charge in [0.2, 0.25) is 0 Å². The summed E-state index contributed by atoms with van der Waals surface area (Å²) in [7, 11) is 0. The molecule has 2 aliphatic rings. The number of amidine groups is 1. The fraction of sp³-hybridized carbons (Fsp3) is 0.571. The van der Waals surface area contributed by atoms with Crippen LogP contribution in [0, 0.1) is 0 Å². The second kappa shape index (κ2) is 3.60. The molecule has 2 unspecified atom stereocenters. The van der Waals surface area contributed by atoms with Crippen LogP contribution in [-0.4, -0.2) is 46.6 Å². The van der Waals surface area contributed by atoms with E-state index >= 15 is 0 Å². The number of nitrogens with zero attached hydrogens (tertiary/aromatic N) is 4. The normalized spacial score (nSPS) is 30.5. The second-order valence-corrected chi connectivity index (χ2v) is 3.95. The van der Waals surface area contributed by atoms with Gasteiger partial charge in [-0.2, -0.15) is 0 Å². The highest BCUT2D eigenvalue weighted by atomic mass is 127. The smallest absolute Gasteiger partial charge is 0.153 e. The third kappa shape index (κ3) is 1.54. The Labute approximate surface area is 90.0 Å². The maximum absolute atomic E-state index is 5.69. The lowest BCUT2D eigenvalue weighted by Crippen LogP contribution is -2.44. The highest BCUT2D eigenvalue weighted by Gasteiger charge is 2.33. The number of fused-ring (bicyclic) bond motifs is 1. The zero-order valence-corrected chi connectivity index (χ0v) is 9.13. The van der Waals surface area contributed by atoms with Crippen LogP contribution in [-0.2, 0) is 0 Å². The quantitative estimate of drug-likeness (QED) is 0.568. The SMILES string of the molecule is NC1=NC=NC2C1N=CN2CCI. The van der Waals surface area contributed by atoms with Gasteiger partial charge in [0.05, 0.1) is 6.34 Å². The minimum Gasteiger partial charge on any atom is -0.385 e. The molecule has 0 aromatic rings. The summed E-state index contributed by atoms with van der Waals surface area (Å²) in [4.78, 5) is 14.5. The Kier molecular flexibility index (Phi) is 2.47. The van der Waals surface area contributed by atoms with Gasteiger partial charge in [-0.3, -0.25) is 4.99 Å². The van der Waals surface area contributed by atoms with Crippen molar-refractivity contribution >= 4 is 41.1 Å². The average Bonchev–Trinajstić information content (AvgIpc) is 2.51. The molecule has 0 aliphatic carbocycles. The molecule has 5 nitrogen and oxygen atoms in total. The van der Waals surface area contributed by atoms with E-state index in [4.69, 9.17) is 5.73 Å². The van der Waals surface area contributed by atoms with Gasteiger partial charge < -0.3 is 10.6 Å². The van der Waals surface area contributed by atoms with Gasteiger partial charge in [-0.15, -0.1) is 0 Å². The molecule has 0 saturated carbocycles. The van der Waals surface area contributed by atoms with Crippen LogP contribution in [0.15, 0.2) is 15.0 Å². The van der Waals surface area contributed by atoms with Gasteiger partial charge in [0.25, 0.3) is 0 Å². The molecule has 2 N–H and O–H groups in total. The summed E-state index contributed by atoms with van der Waals surface area (Å²) in [5, 5.41) is 0. The van der Waals surface area contributed by atoms with Gasteiger partial charge in [-0.05, 0) is 0 Å². The van der Waals surface area contributed by atoms with Crippen molar-refractivity contribution in [3.8, 4) is 0 Å². The van der Waals surface area contributed by atoms with Crippen LogP contribution < -0.4 is 5.73 Å². The Morgan fingerprint density at radius 2 is 2.38 bits per heavy atom. The predicted molar refractivity (Wildman–Crippen MR) is 61.8 cm³/mol. The van der Waals surface area contributed by atoms with Crippen molar-refractivity contribution in [1.29, 1.82) is 0 Å². The Balaban J connectivity index is 2.13. The van der Waals surface area contributed by atoms with Crippen LogP contribution in [0.2, 0.25) is 0 Å². The molecule has 2 atom stereocenters. The van der Waals surface area contributed by atoms with E-state index in [0.29, 0.717) is 5.84 Å². The zero-order chi connectivity index (χ0) is 9.26. The number of hydrogen-bond acceptors (Lipinski definition) is 5. The molecule has 2 heterocycles. The van der Waals surface area contributed by atoms with Crippen molar-refractivity contribution in [3.05, 3.63) is 0 Å². The first-order valence-electron chi connectivity index (χ1n) is 4.03. The molecular formula is C7H10IN5. The van der Waals surface area contributed by atoms with Gasteiger partial charge in [0, 0.05) is 11.0 Å². The lowest BCUT2D eigenvalue weighted by atomic mass is 10.2. The fourth-order valence-electron chi connectivity index (χ4n) is 1.41. The van der Waals surface area contributed by atoms with E-state index in [1.807, 2.05) is 6.34 Å². The standard InChI is InChI=1S/C7H10IN5/c8-1-2-13-4-12-5-6(9)10-3-11-7(5)13/h3-5,7H,1-2H2,(H2,9,10,11). The first-order valence-corrected chi connectivity index (χ1v) is 5.55. The summed E-state index contributed by atoms with van der Waals surface area (Å²) >= 11 is 2.33. The van der Waals surface area contributed by atoms with E-state index in [1.165, 1.54) is 6.34 Å². The molecule has 0 amide bonds. The molecule has 70 valence electrons. The highest BCUT2D eigenvalue weighted by Crippen LogP contribution is 2.17. The van der Waals surface area contributed by atoms with E-state index in [9.17, 15) is 0 Å². The molecule has 0 spiro atoms. The van der Waals surface area contributed by atoms with E-state index in [-0.39, 0.29) is 12.2 Å². The van der Waals surface area contributed by atoms with Crippen molar-refractivity contribution in [3.63, 3.8) is 0 Å². The minimum absolute atomic E-state index is 0.0484. The van der Waals surface area contributed by atoms with Crippen LogP contribution in [0.3, 0.4) is 0 Å². The number of nitrogens with two attached hydrogens (primary N) is 1. The molecule has 0 bridgehead atoms. The summed E-state index contributed by atoms with van der Waals surface area (Å²) in [5.41, 5.74) is 5.69. The van der Waals surface area contributed by atoms with Crippen molar-refractivity contribution in [2.45, 2.75) is 12.2 Å². The monoisotopic (exact) mass is 291 g/mol. The summed E-state index contributed by atoms with van der Waals surface area (Å²) < 4.78 is 1.06. The largest absolute Gasteiger partial charge is 0.385 e. The molecule has 6 heteroatoms. The van der Waals surface area contributed by atoms with E-state index in [0.717, 1.165) is 11.0 Å². The third-order valence-corrected chi connectivity index (χ3v) is 2.55. The summed E-state index contributed by atoms with van der Waals surface area (Å²) in [5.74, 6) is 0.562. The molecule has 2 aliphatic heterocycles. The van der Waals surface area contributed by atoms with Crippen molar-refractivity contribution in [1.82, 2.24) is 4.90 Å². The molecule has 0 aromatic carbocycles. The van der Waals surface area contributed by atoms with Crippen LogP contribution in [0.25, 0.3) is 0 Å². The van der Waals surface area contributed by atoms with E-state index in [1.54, 1.807) is 0 Å². The maximum atomic E-state index is 5.69. The molecular weight excluding hydrogens is 281 g/mol. The highest BCUT2D eigenvalue weighted by molar-refractivity contribution is 14.1. The van der Waals surface area contributed by atoms with Crippen LogP contribution >= 0.6 is 22.6 Å². The maximum Gasteiger partial charge on any atom is 0.153 e. The fourth-order valence-corrected chi connectivity index (χ4v) is 1.97. The van der Waals surface area contributed by atoms with Crippen molar-refractivity contribution in [2.24, 2.45) is 20.7 Å². The Bertz CT molecular complexity index is 285. The van der Waals surface area contributed by atoms with Crippen molar-refractivity contribution < 1.29 is 0 Å². The first kappa shape index (κ1) is 8.92. The molecule has 2 rings (SSSR count). The van der Waals surface area contributed by atoms with Crippen LogP contribution in [0.5, 0.6) is 0 Å². The van der Waals surface area contributed by atoms with Gasteiger partial charge in [0.15, 0.2) is 6.17 Å². The molecule has 13 heavy (non-hydrogen) atoms. The van der Waals surface area contributed by atoms with E-state index < -0.39 is 0 Å². The number of alkyl halides is 1. The number of rotatable bonds is 2. The minimum atomic E-state index is -0.0621. The first-order chi connectivity index (χ1) is 6.33. The number of halogens is 1. The van der Waals surface area contributed by atoms with Gasteiger partial charge in [-0.1, -0.05) is 22.6 Å². The van der Waals surface area contributed by atoms with Gasteiger partial charge >= 0.3 is 0 Å². The molecule has 0 saturated heterocycles. The number of aliphatic imine (C=N–C) groups is 3. The van der Waals surface area contributed by atoms with Gasteiger partial charge in [-0.25, -0.2) is 9.98 Å². The zero-order valence-electron chi connectivity index (χ0n) is 6.97. The van der Waals surface area contributed by atoms with Crippen LogP contribution in [0.4, 0.5) is 0 Å². The number of hydrogen-bond donors (Lipinski definition) is 1. The second-order valence-electron chi connectivity index (χ2n) is 2.87. The van der Waals surface area contributed by atoms with Crippen LogP contribution in [0.1, 0.15) is 0 Å². The molecule has 0 fully saturated rings. The average molecular weight is 291 g/mol. The van der Waals surface area contributed by atoms with E-state index in [2.05, 4.69) is 42.5 Å². The van der Waals surface area contributed by atoms with Crippen molar-refractivity contribution in [2.75, 3.05) is 11.0 Å². The topological polar surface area (TPSA) is 66.3 Å². The Morgan fingerprint density at radius 3 is 3.15 bits per heavy atom. The Morgan fingerprint density at radius 1 is 1.54 bits per heavy atom. The molecule has 0 radical (unpaired) electrons.